The highest BCUT2D eigenvalue weighted by Crippen LogP contribution is 2.31. The molecule has 0 saturated carbocycles. The van der Waals surface area contributed by atoms with Crippen molar-refractivity contribution in [2.24, 2.45) is 0 Å². The van der Waals surface area contributed by atoms with Gasteiger partial charge < -0.3 is 10.6 Å². The van der Waals surface area contributed by atoms with E-state index in [1.54, 1.807) is 0 Å². The molecule has 0 spiro atoms. The molecule has 1 saturated heterocycles. The molecular weight excluding hydrogens is 276 g/mol. The zero-order valence-corrected chi connectivity index (χ0v) is 12.3. The highest BCUT2D eigenvalue weighted by Gasteiger charge is 2.19. The molecule has 6 nitrogen and oxygen atoms in total. The van der Waals surface area contributed by atoms with Gasteiger partial charge in [0.1, 0.15) is 5.82 Å². The molecule has 0 radical (unpaired) electrons. The lowest BCUT2D eigenvalue weighted by atomic mass is 10.1. The number of nitrogens with one attached hydrogen (secondary N) is 1. The van der Waals surface area contributed by atoms with E-state index in [-0.39, 0.29) is 0 Å². The van der Waals surface area contributed by atoms with Crippen LogP contribution in [0.2, 0.25) is 0 Å². The zero-order valence-electron chi connectivity index (χ0n) is 12.3. The van der Waals surface area contributed by atoms with Gasteiger partial charge in [0.15, 0.2) is 5.65 Å². The second-order valence-corrected chi connectivity index (χ2v) is 5.62. The lowest BCUT2D eigenvalue weighted by Crippen LogP contribution is -2.31. The topological polar surface area (TPSA) is 83.7 Å². The van der Waals surface area contributed by atoms with Gasteiger partial charge in [-0.05, 0) is 19.3 Å². The van der Waals surface area contributed by atoms with Crippen LogP contribution in [-0.4, -0.2) is 33.3 Å². The molecule has 0 amide bonds. The molecule has 1 aromatic carbocycles. The number of H-pyrrole nitrogens is 1. The van der Waals surface area contributed by atoms with Crippen molar-refractivity contribution in [1.82, 2.24) is 20.2 Å². The SMILES string of the molecule is Nc1[nH]nc2nc(N3CCCCC3)nc(-c3ccccc3)c12. The van der Waals surface area contributed by atoms with Crippen molar-refractivity contribution in [3.05, 3.63) is 30.3 Å². The number of aromatic nitrogens is 4. The van der Waals surface area contributed by atoms with E-state index in [0.717, 1.165) is 35.7 Å². The van der Waals surface area contributed by atoms with Crippen LogP contribution in [0.5, 0.6) is 0 Å². The Morgan fingerprint density at radius 3 is 2.55 bits per heavy atom. The van der Waals surface area contributed by atoms with Crippen LogP contribution in [-0.2, 0) is 0 Å². The van der Waals surface area contributed by atoms with E-state index in [9.17, 15) is 0 Å². The number of rotatable bonds is 2. The summed E-state index contributed by atoms with van der Waals surface area (Å²) in [6, 6.07) is 10.1. The van der Waals surface area contributed by atoms with Crippen LogP contribution >= 0.6 is 0 Å². The maximum Gasteiger partial charge on any atom is 0.228 e. The molecule has 0 bridgehead atoms. The van der Waals surface area contributed by atoms with Crippen molar-refractivity contribution in [3.8, 4) is 11.3 Å². The van der Waals surface area contributed by atoms with E-state index in [4.69, 9.17) is 10.7 Å². The zero-order chi connectivity index (χ0) is 14.9. The molecule has 0 aliphatic carbocycles. The molecule has 4 rings (SSSR count). The number of benzene rings is 1. The van der Waals surface area contributed by atoms with Crippen LogP contribution in [0.1, 0.15) is 19.3 Å². The molecule has 1 aliphatic heterocycles. The molecule has 112 valence electrons. The van der Waals surface area contributed by atoms with Crippen LogP contribution in [0.4, 0.5) is 11.8 Å². The fraction of sp³-hybridized carbons (Fsp3) is 0.312. The molecule has 3 N–H and O–H groups in total. The number of piperidine rings is 1. The highest BCUT2D eigenvalue weighted by atomic mass is 15.3. The molecule has 0 unspecified atom stereocenters. The van der Waals surface area contributed by atoms with Gasteiger partial charge in [0.2, 0.25) is 5.95 Å². The Morgan fingerprint density at radius 1 is 1.00 bits per heavy atom. The van der Waals surface area contributed by atoms with Crippen molar-refractivity contribution in [2.75, 3.05) is 23.7 Å². The molecule has 6 heteroatoms. The van der Waals surface area contributed by atoms with E-state index in [0.29, 0.717) is 11.5 Å². The quantitative estimate of drug-likeness (QED) is 0.759. The minimum Gasteiger partial charge on any atom is -0.383 e. The Balaban J connectivity index is 1.90. The Bertz CT molecular complexity index is 789. The maximum absolute atomic E-state index is 6.03. The number of hydrogen-bond donors (Lipinski definition) is 2. The van der Waals surface area contributed by atoms with Gasteiger partial charge >= 0.3 is 0 Å². The van der Waals surface area contributed by atoms with Gasteiger partial charge in [-0.3, -0.25) is 5.10 Å². The average molecular weight is 294 g/mol. The van der Waals surface area contributed by atoms with Gasteiger partial charge in [-0.15, -0.1) is 0 Å². The summed E-state index contributed by atoms with van der Waals surface area (Å²) in [5.41, 5.74) is 8.54. The predicted octanol–water partition coefficient (Wildman–Crippen LogP) is 2.59. The van der Waals surface area contributed by atoms with Crippen molar-refractivity contribution in [1.29, 1.82) is 0 Å². The molecule has 0 atom stereocenters. The number of nitrogens with two attached hydrogens (primary N) is 1. The predicted molar refractivity (Wildman–Crippen MR) is 87.6 cm³/mol. The van der Waals surface area contributed by atoms with Crippen LogP contribution in [0.3, 0.4) is 0 Å². The lowest BCUT2D eigenvalue weighted by Gasteiger charge is -2.26. The number of nitrogen functional groups attached to an aromatic ring is 1. The summed E-state index contributed by atoms with van der Waals surface area (Å²) in [6.45, 7) is 2.00. The summed E-state index contributed by atoms with van der Waals surface area (Å²) in [7, 11) is 0. The third-order valence-corrected chi connectivity index (χ3v) is 4.12. The van der Waals surface area contributed by atoms with Gasteiger partial charge in [0, 0.05) is 18.7 Å². The largest absolute Gasteiger partial charge is 0.383 e. The molecule has 3 heterocycles. The van der Waals surface area contributed by atoms with Crippen molar-refractivity contribution < 1.29 is 0 Å². The molecule has 1 fully saturated rings. The lowest BCUT2D eigenvalue weighted by molar-refractivity contribution is 0.569. The fourth-order valence-electron chi connectivity index (χ4n) is 2.98. The van der Waals surface area contributed by atoms with Crippen LogP contribution in [0.25, 0.3) is 22.3 Å². The summed E-state index contributed by atoms with van der Waals surface area (Å²) in [5, 5.41) is 7.85. The van der Waals surface area contributed by atoms with Gasteiger partial charge in [0.25, 0.3) is 0 Å². The maximum atomic E-state index is 6.03. The van der Waals surface area contributed by atoms with Crippen LogP contribution in [0.15, 0.2) is 30.3 Å². The molecule has 2 aromatic heterocycles. The summed E-state index contributed by atoms with van der Waals surface area (Å²) in [4.78, 5) is 11.6. The fourth-order valence-corrected chi connectivity index (χ4v) is 2.98. The monoisotopic (exact) mass is 294 g/mol. The van der Waals surface area contributed by atoms with E-state index in [1.165, 1.54) is 19.3 Å². The molecule has 22 heavy (non-hydrogen) atoms. The van der Waals surface area contributed by atoms with Crippen LogP contribution < -0.4 is 10.6 Å². The number of fused-ring (bicyclic) bond motifs is 1. The first-order valence-corrected chi connectivity index (χ1v) is 7.65. The second kappa shape index (κ2) is 5.29. The van der Waals surface area contributed by atoms with Crippen molar-refractivity contribution >= 4 is 22.8 Å². The molecule has 1 aliphatic rings. The second-order valence-electron chi connectivity index (χ2n) is 5.62. The Morgan fingerprint density at radius 2 is 1.77 bits per heavy atom. The first-order chi connectivity index (χ1) is 10.8. The van der Waals surface area contributed by atoms with Crippen LogP contribution in [0, 0.1) is 0 Å². The first-order valence-electron chi connectivity index (χ1n) is 7.65. The van der Waals surface area contributed by atoms with Crippen molar-refractivity contribution in [3.63, 3.8) is 0 Å². The Labute approximate surface area is 128 Å². The summed E-state index contributed by atoms with van der Waals surface area (Å²) < 4.78 is 0. The van der Waals surface area contributed by atoms with E-state index >= 15 is 0 Å². The minimum atomic E-state index is 0.513. The number of hydrogen-bond acceptors (Lipinski definition) is 5. The van der Waals surface area contributed by atoms with Gasteiger partial charge in [-0.2, -0.15) is 10.1 Å². The molecule has 3 aromatic rings. The standard InChI is InChI=1S/C16H18N6/c17-14-12-13(11-7-3-1-4-8-11)18-16(19-15(12)21-20-14)22-9-5-2-6-10-22/h1,3-4,7-8H,2,5-6,9-10H2,(H3,17,18,19,20,21). The molecular formula is C16H18N6. The third-order valence-electron chi connectivity index (χ3n) is 4.12. The smallest absolute Gasteiger partial charge is 0.228 e. The average Bonchev–Trinajstić information content (AvgIpc) is 2.97. The third kappa shape index (κ3) is 2.16. The number of anilines is 2. The van der Waals surface area contributed by atoms with E-state index in [1.807, 2.05) is 30.3 Å². The summed E-state index contributed by atoms with van der Waals surface area (Å²) in [6.07, 6.45) is 3.65. The first kappa shape index (κ1) is 13.1. The number of aromatic amines is 1. The highest BCUT2D eigenvalue weighted by molar-refractivity contribution is 5.98. The van der Waals surface area contributed by atoms with Gasteiger partial charge in [0.05, 0.1) is 11.1 Å². The Kier molecular flexibility index (Phi) is 3.14. The van der Waals surface area contributed by atoms with Gasteiger partial charge in [-0.25, -0.2) is 4.98 Å². The minimum absolute atomic E-state index is 0.513. The van der Waals surface area contributed by atoms with E-state index in [2.05, 4.69) is 20.1 Å². The van der Waals surface area contributed by atoms with Gasteiger partial charge in [-0.1, -0.05) is 30.3 Å². The van der Waals surface area contributed by atoms with E-state index < -0.39 is 0 Å². The summed E-state index contributed by atoms with van der Waals surface area (Å²) in [5.74, 6) is 1.26. The van der Waals surface area contributed by atoms with Crippen molar-refractivity contribution in [2.45, 2.75) is 19.3 Å². The normalized spacial score (nSPS) is 15.4. The Hall–Kier alpha value is -2.63. The summed E-state index contributed by atoms with van der Waals surface area (Å²) >= 11 is 0. The number of nitrogens with zero attached hydrogens (tertiary/aromatic N) is 4.